The molecule has 0 spiro atoms. The van der Waals surface area contributed by atoms with Gasteiger partial charge in [0.25, 0.3) is 0 Å². The first kappa shape index (κ1) is 11.5. The van der Waals surface area contributed by atoms with Crippen LogP contribution in [0.1, 0.15) is 24.0 Å². The van der Waals surface area contributed by atoms with E-state index in [4.69, 9.17) is 5.26 Å². The molecule has 0 aromatic heterocycles. The highest BCUT2D eigenvalue weighted by Gasteiger charge is 2.27. The third kappa shape index (κ3) is 2.56. The van der Waals surface area contributed by atoms with E-state index in [9.17, 15) is 13.6 Å². The van der Waals surface area contributed by atoms with Crippen molar-refractivity contribution < 1.29 is 13.6 Å². The monoisotopic (exact) mass is 233 g/mol. The predicted molar refractivity (Wildman–Crippen MR) is 57.8 cm³/mol. The molecule has 0 saturated heterocycles. The summed E-state index contributed by atoms with van der Waals surface area (Å²) < 4.78 is 25.9. The smallest absolute Gasteiger partial charge is 0.160 e. The van der Waals surface area contributed by atoms with Gasteiger partial charge in [-0.05, 0) is 36.6 Å². The van der Waals surface area contributed by atoms with Crippen LogP contribution in [0.3, 0.4) is 0 Å². The van der Waals surface area contributed by atoms with Crippen molar-refractivity contribution in [3.8, 4) is 6.07 Å². The van der Waals surface area contributed by atoms with E-state index < -0.39 is 11.6 Å². The van der Waals surface area contributed by atoms with Crippen molar-refractivity contribution in [1.29, 1.82) is 5.26 Å². The number of nitrogens with zero attached hydrogens (tertiary/aromatic N) is 1. The molecule has 4 heteroatoms. The molecule has 1 saturated carbocycles. The van der Waals surface area contributed by atoms with Crippen molar-refractivity contribution in [2.75, 3.05) is 0 Å². The topological polar surface area (TPSA) is 40.9 Å². The summed E-state index contributed by atoms with van der Waals surface area (Å²) in [4.78, 5) is 11.4. The summed E-state index contributed by atoms with van der Waals surface area (Å²) in [6.45, 7) is 0. The number of rotatable bonds is 3. The summed E-state index contributed by atoms with van der Waals surface area (Å²) in [6, 6.07) is 3.51. The number of hydrogen-bond donors (Lipinski definition) is 0. The summed E-state index contributed by atoms with van der Waals surface area (Å²) in [5.41, 5.74) is 0.240. The van der Waals surface area contributed by atoms with Crippen LogP contribution in [0.5, 0.6) is 0 Å². The van der Waals surface area contributed by atoms with Crippen molar-refractivity contribution in [2.24, 2.45) is 5.92 Å². The Morgan fingerprint density at radius 3 is 2.59 bits per heavy atom. The third-order valence-corrected chi connectivity index (χ3v) is 2.62. The average molecular weight is 233 g/mol. The number of ketones is 1. The van der Waals surface area contributed by atoms with E-state index in [1.807, 2.05) is 0 Å². The van der Waals surface area contributed by atoms with Gasteiger partial charge in [0.2, 0.25) is 0 Å². The first-order valence-electron chi connectivity index (χ1n) is 5.23. The van der Waals surface area contributed by atoms with Gasteiger partial charge in [-0.1, -0.05) is 6.08 Å². The minimum absolute atomic E-state index is 0.0174. The lowest BCUT2D eigenvalue weighted by molar-refractivity contribution is -0.115. The molecule has 1 aromatic carbocycles. The maximum absolute atomic E-state index is 13.0. The van der Waals surface area contributed by atoms with E-state index in [0.29, 0.717) is 0 Å². The minimum Gasteiger partial charge on any atom is -0.295 e. The van der Waals surface area contributed by atoms with E-state index in [2.05, 4.69) is 0 Å². The Morgan fingerprint density at radius 2 is 2.00 bits per heavy atom. The predicted octanol–water partition coefficient (Wildman–Crippen LogP) is 2.83. The van der Waals surface area contributed by atoms with Crippen molar-refractivity contribution in [2.45, 2.75) is 12.8 Å². The molecule has 0 N–H and O–H groups in total. The molecule has 2 rings (SSSR count). The fourth-order valence-electron chi connectivity index (χ4n) is 1.47. The van der Waals surface area contributed by atoms with Crippen LogP contribution in [0, 0.1) is 28.9 Å². The van der Waals surface area contributed by atoms with Crippen LogP contribution in [-0.2, 0) is 4.79 Å². The van der Waals surface area contributed by atoms with Gasteiger partial charge in [-0.25, -0.2) is 8.78 Å². The van der Waals surface area contributed by atoms with Crippen LogP contribution in [-0.4, -0.2) is 5.78 Å². The van der Waals surface area contributed by atoms with Gasteiger partial charge in [0, 0.05) is 5.92 Å². The number of allylic oxidation sites excluding steroid dienone is 1. The molecule has 1 aliphatic rings. The molecule has 0 radical (unpaired) electrons. The second-order valence-corrected chi connectivity index (χ2v) is 3.98. The first-order valence-corrected chi connectivity index (χ1v) is 5.23. The minimum atomic E-state index is -1.06. The highest BCUT2D eigenvalue weighted by atomic mass is 19.2. The van der Waals surface area contributed by atoms with Crippen molar-refractivity contribution >= 4 is 11.9 Å². The summed E-state index contributed by atoms with van der Waals surface area (Å²) in [5.74, 6) is -2.05. The lowest BCUT2D eigenvalue weighted by Gasteiger charge is -1.99. The van der Waals surface area contributed by atoms with E-state index in [1.54, 1.807) is 6.07 Å². The Hall–Kier alpha value is -2.02. The fourth-order valence-corrected chi connectivity index (χ4v) is 1.47. The van der Waals surface area contributed by atoms with Gasteiger partial charge in [0.05, 0.1) is 11.6 Å². The molecule has 0 bridgehead atoms. The number of nitriles is 1. The SMILES string of the molecule is N#Cc1cc(F)c(F)cc1/C=C/C(=O)C1CC1. The Bertz CT molecular complexity index is 539. The number of carbonyl (C=O) groups is 1. The Labute approximate surface area is 97.2 Å². The standard InChI is InChI=1S/C13H9F2NO/c14-11-5-9(10(7-16)6-12(11)15)3-4-13(17)8-1-2-8/h3-6,8H,1-2H2/b4-3+. The van der Waals surface area contributed by atoms with Crippen molar-refractivity contribution in [3.63, 3.8) is 0 Å². The zero-order valence-corrected chi connectivity index (χ0v) is 8.91. The lowest BCUT2D eigenvalue weighted by Crippen LogP contribution is -1.95. The van der Waals surface area contributed by atoms with Crippen LogP contribution >= 0.6 is 0 Å². The molecule has 17 heavy (non-hydrogen) atoms. The van der Waals surface area contributed by atoms with Gasteiger partial charge in [-0.3, -0.25) is 4.79 Å². The summed E-state index contributed by atoms with van der Waals surface area (Å²) in [6.07, 6.45) is 4.45. The molecule has 2 nitrogen and oxygen atoms in total. The molecule has 0 heterocycles. The normalized spacial score (nSPS) is 14.9. The average Bonchev–Trinajstić information content (AvgIpc) is 3.13. The van der Waals surface area contributed by atoms with Gasteiger partial charge in [-0.15, -0.1) is 0 Å². The molecule has 1 aliphatic carbocycles. The van der Waals surface area contributed by atoms with Crippen molar-refractivity contribution in [3.05, 3.63) is 41.0 Å². The van der Waals surface area contributed by atoms with Gasteiger partial charge in [-0.2, -0.15) is 5.26 Å². The number of halogens is 2. The highest BCUT2D eigenvalue weighted by Crippen LogP contribution is 2.30. The van der Waals surface area contributed by atoms with Crippen LogP contribution in [0.25, 0.3) is 6.08 Å². The van der Waals surface area contributed by atoms with Gasteiger partial charge >= 0.3 is 0 Å². The Kier molecular flexibility index (Phi) is 3.01. The number of hydrogen-bond acceptors (Lipinski definition) is 2. The quantitative estimate of drug-likeness (QED) is 0.753. The first-order chi connectivity index (χ1) is 8.11. The highest BCUT2D eigenvalue weighted by molar-refractivity contribution is 5.97. The van der Waals surface area contributed by atoms with E-state index in [-0.39, 0.29) is 22.8 Å². The second-order valence-electron chi connectivity index (χ2n) is 3.98. The third-order valence-electron chi connectivity index (χ3n) is 2.62. The fraction of sp³-hybridized carbons (Fsp3) is 0.231. The van der Waals surface area contributed by atoms with Crippen LogP contribution in [0.15, 0.2) is 18.2 Å². The lowest BCUT2D eigenvalue weighted by atomic mass is 10.1. The number of benzene rings is 1. The maximum Gasteiger partial charge on any atom is 0.160 e. The summed E-state index contributed by atoms with van der Waals surface area (Å²) >= 11 is 0. The largest absolute Gasteiger partial charge is 0.295 e. The van der Waals surface area contributed by atoms with E-state index in [0.717, 1.165) is 25.0 Å². The van der Waals surface area contributed by atoms with Crippen LogP contribution in [0.4, 0.5) is 8.78 Å². The Balaban J connectivity index is 2.28. The zero-order valence-electron chi connectivity index (χ0n) is 8.91. The number of carbonyl (C=O) groups excluding carboxylic acids is 1. The molecule has 0 aliphatic heterocycles. The molecule has 0 amide bonds. The van der Waals surface area contributed by atoms with Gasteiger partial charge in [0.1, 0.15) is 0 Å². The molecule has 0 unspecified atom stereocenters. The molecule has 86 valence electrons. The summed E-state index contributed by atoms with van der Waals surface area (Å²) in [7, 11) is 0. The molecular formula is C13H9F2NO. The van der Waals surface area contributed by atoms with E-state index in [1.165, 1.54) is 12.2 Å². The van der Waals surface area contributed by atoms with Crippen molar-refractivity contribution in [1.82, 2.24) is 0 Å². The maximum atomic E-state index is 13.0. The zero-order chi connectivity index (χ0) is 12.4. The van der Waals surface area contributed by atoms with Crippen LogP contribution in [0.2, 0.25) is 0 Å². The van der Waals surface area contributed by atoms with Gasteiger partial charge < -0.3 is 0 Å². The Morgan fingerprint density at radius 1 is 1.35 bits per heavy atom. The molecular weight excluding hydrogens is 224 g/mol. The molecule has 1 aromatic rings. The van der Waals surface area contributed by atoms with Gasteiger partial charge in [0.15, 0.2) is 17.4 Å². The van der Waals surface area contributed by atoms with E-state index >= 15 is 0 Å². The molecule has 0 atom stereocenters. The summed E-state index contributed by atoms with van der Waals surface area (Å²) in [5, 5.41) is 8.76. The van der Waals surface area contributed by atoms with Crippen LogP contribution < -0.4 is 0 Å². The molecule has 1 fully saturated rings. The second kappa shape index (κ2) is 4.46.